The lowest BCUT2D eigenvalue weighted by molar-refractivity contribution is 0.876. The molecule has 0 saturated heterocycles. The first-order valence-electron chi connectivity index (χ1n) is 5.07. The second kappa shape index (κ2) is 4.10. The van der Waals surface area contributed by atoms with Gasteiger partial charge in [-0.15, -0.1) is 16.4 Å². The van der Waals surface area contributed by atoms with Gasteiger partial charge in [-0.3, -0.25) is 0 Å². The van der Waals surface area contributed by atoms with E-state index in [1.807, 2.05) is 34.2 Å². The summed E-state index contributed by atoms with van der Waals surface area (Å²) in [4.78, 5) is 5.17. The van der Waals surface area contributed by atoms with Crippen molar-refractivity contribution in [3.8, 4) is 11.3 Å². The number of halogens is 1. The Morgan fingerprint density at radius 3 is 2.76 bits per heavy atom. The van der Waals surface area contributed by atoms with E-state index in [4.69, 9.17) is 17.3 Å². The number of nitrogens with zero attached hydrogens (tertiary/aromatic N) is 3. The lowest BCUT2D eigenvalue weighted by Crippen LogP contribution is -1.99. The van der Waals surface area contributed by atoms with Crippen LogP contribution >= 0.6 is 22.9 Å². The van der Waals surface area contributed by atoms with Crippen LogP contribution in [-0.2, 0) is 6.54 Å². The maximum absolute atomic E-state index is 5.87. The first kappa shape index (κ1) is 10.7. The van der Waals surface area contributed by atoms with E-state index in [0.717, 1.165) is 21.2 Å². The van der Waals surface area contributed by atoms with Crippen molar-refractivity contribution < 1.29 is 0 Å². The van der Waals surface area contributed by atoms with E-state index in [2.05, 4.69) is 10.1 Å². The average molecular weight is 265 g/mol. The molecule has 3 rings (SSSR count). The molecule has 0 bridgehead atoms. The standard InChI is InChI=1S/C11H9ClN4S/c12-8-3-1-7(2-4-8)9-6-17-11-14-10(5-13)15-16(9)11/h1-4,6H,5,13H2. The highest BCUT2D eigenvalue weighted by molar-refractivity contribution is 7.15. The van der Waals surface area contributed by atoms with E-state index in [0.29, 0.717) is 12.4 Å². The van der Waals surface area contributed by atoms with Crippen LogP contribution < -0.4 is 5.73 Å². The third-order valence-corrected chi connectivity index (χ3v) is 3.52. The van der Waals surface area contributed by atoms with Crippen molar-refractivity contribution in [2.45, 2.75) is 6.54 Å². The number of aromatic nitrogens is 3. The Balaban J connectivity index is 2.16. The van der Waals surface area contributed by atoms with Crippen molar-refractivity contribution in [3.63, 3.8) is 0 Å². The van der Waals surface area contributed by atoms with Crippen molar-refractivity contribution >= 4 is 27.9 Å². The molecule has 2 aromatic heterocycles. The molecule has 1 aromatic carbocycles. The van der Waals surface area contributed by atoms with Crippen LogP contribution in [0.15, 0.2) is 29.6 Å². The zero-order valence-electron chi connectivity index (χ0n) is 8.80. The summed E-state index contributed by atoms with van der Waals surface area (Å²) < 4.78 is 1.82. The minimum Gasteiger partial charge on any atom is -0.324 e. The van der Waals surface area contributed by atoms with E-state index in [-0.39, 0.29) is 0 Å². The number of thiazole rings is 1. The molecular weight excluding hydrogens is 256 g/mol. The Morgan fingerprint density at radius 1 is 1.29 bits per heavy atom. The van der Waals surface area contributed by atoms with Crippen LogP contribution in [0, 0.1) is 0 Å². The summed E-state index contributed by atoms with van der Waals surface area (Å²) in [6, 6.07) is 7.66. The second-order valence-electron chi connectivity index (χ2n) is 3.55. The molecule has 0 aliphatic heterocycles. The van der Waals surface area contributed by atoms with Gasteiger partial charge in [-0.25, -0.2) is 9.50 Å². The molecule has 0 atom stereocenters. The molecule has 17 heavy (non-hydrogen) atoms. The van der Waals surface area contributed by atoms with E-state index in [1.165, 1.54) is 0 Å². The SMILES string of the molecule is NCc1nc2scc(-c3ccc(Cl)cc3)n2n1. The lowest BCUT2D eigenvalue weighted by atomic mass is 10.2. The van der Waals surface area contributed by atoms with E-state index >= 15 is 0 Å². The van der Waals surface area contributed by atoms with Gasteiger partial charge in [0.1, 0.15) is 0 Å². The van der Waals surface area contributed by atoms with Gasteiger partial charge >= 0.3 is 0 Å². The molecule has 2 heterocycles. The predicted octanol–water partition coefficient (Wildman–Crippen LogP) is 2.57. The number of nitrogens with two attached hydrogens (primary N) is 1. The molecule has 2 N–H and O–H groups in total. The van der Waals surface area contributed by atoms with Crippen LogP contribution in [0.1, 0.15) is 5.82 Å². The fourth-order valence-electron chi connectivity index (χ4n) is 1.63. The van der Waals surface area contributed by atoms with Gasteiger partial charge in [0.05, 0.1) is 12.2 Å². The number of fused-ring (bicyclic) bond motifs is 1. The number of hydrogen-bond acceptors (Lipinski definition) is 4. The van der Waals surface area contributed by atoms with Gasteiger partial charge in [0.2, 0.25) is 4.96 Å². The van der Waals surface area contributed by atoms with Crippen molar-refractivity contribution in [2.75, 3.05) is 0 Å². The average Bonchev–Trinajstić information content (AvgIpc) is 2.89. The molecule has 0 aliphatic carbocycles. The molecule has 0 saturated carbocycles. The zero-order chi connectivity index (χ0) is 11.8. The second-order valence-corrected chi connectivity index (χ2v) is 4.83. The smallest absolute Gasteiger partial charge is 0.212 e. The third-order valence-electron chi connectivity index (χ3n) is 2.45. The summed E-state index contributed by atoms with van der Waals surface area (Å²) >= 11 is 7.42. The normalized spacial score (nSPS) is 11.2. The molecule has 0 spiro atoms. The number of hydrogen-bond donors (Lipinski definition) is 1. The fourth-order valence-corrected chi connectivity index (χ4v) is 2.60. The summed E-state index contributed by atoms with van der Waals surface area (Å²) in [7, 11) is 0. The van der Waals surface area contributed by atoms with Gasteiger partial charge in [-0.2, -0.15) is 0 Å². The maximum atomic E-state index is 5.87. The van der Waals surface area contributed by atoms with Gasteiger partial charge in [0, 0.05) is 16.0 Å². The van der Waals surface area contributed by atoms with E-state index in [9.17, 15) is 0 Å². The summed E-state index contributed by atoms with van der Waals surface area (Å²) in [5.41, 5.74) is 7.60. The van der Waals surface area contributed by atoms with Crippen LogP contribution in [0.25, 0.3) is 16.2 Å². The largest absolute Gasteiger partial charge is 0.324 e. The van der Waals surface area contributed by atoms with Crippen molar-refractivity contribution in [2.24, 2.45) is 5.73 Å². The van der Waals surface area contributed by atoms with Gasteiger partial charge in [0.25, 0.3) is 0 Å². The Labute approximate surface area is 107 Å². The van der Waals surface area contributed by atoms with Gasteiger partial charge in [0.15, 0.2) is 5.82 Å². The predicted molar refractivity (Wildman–Crippen MR) is 69.2 cm³/mol. The minimum atomic E-state index is 0.356. The van der Waals surface area contributed by atoms with Crippen LogP contribution in [0.3, 0.4) is 0 Å². The molecule has 86 valence electrons. The van der Waals surface area contributed by atoms with Crippen LogP contribution in [0.2, 0.25) is 5.02 Å². The van der Waals surface area contributed by atoms with E-state index < -0.39 is 0 Å². The quantitative estimate of drug-likeness (QED) is 0.774. The first-order valence-corrected chi connectivity index (χ1v) is 6.33. The third kappa shape index (κ3) is 1.82. The monoisotopic (exact) mass is 264 g/mol. The first-order chi connectivity index (χ1) is 8.28. The molecule has 0 aliphatic rings. The Hall–Kier alpha value is -1.43. The Morgan fingerprint density at radius 2 is 2.06 bits per heavy atom. The summed E-state index contributed by atoms with van der Waals surface area (Å²) in [6.07, 6.45) is 0. The molecule has 6 heteroatoms. The topological polar surface area (TPSA) is 56.2 Å². The Bertz CT molecular complexity index is 656. The molecule has 0 amide bonds. The van der Waals surface area contributed by atoms with Crippen molar-refractivity contribution in [1.29, 1.82) is 0 Å². The number of rotatable bonds is 2. The molecule has 0 radical (unpaired) electrons. The number of benzene rings is 1. The fraction of sp³-hybridized carbons (Fsp3) is 0.0909. The highest BCUT2D eigenvalue weighted by Gasteiger charge is 2.10. The van der Waals surface area contributed by atoms with Gasteiger partial charge in [-0.1, -0.05) is 23.7 Å². The minimum absolute atomic E-state index is 0.356. The molecule has 0 fully saturated rings. The highest BCUT2D eigenvalue weighted by Crippen LogP contribution is 2.26. The van der Waals surface area contributed by atoms with E-state index in [1.54, 1.807) is 11.3 Å². The van der Waals surface area contributed by atoms with Gasteiger partial charge < -0.3 is 5.73 Å². The van der Waals surface area contributed by atoms with Crippen LogP contribution in [-0.4, -0.2) is 14.6 Å². The summed E-state index contributed by atoms with van der Waals surface area (Å²) in [6.45, 7) is 0.356. The lowest BCUT2D eigenvalue weighted by Gasteiger charge is -1.98. The molecule has 0 unspecified atom stereocenters. The molecule has 4 nitrogen and oxygen atoms in total. The summed E-state index contributed by atoms with van der Waals surface area (Å²) in [5, 5.41) is 7.10. The van der Waals surface area contributed by atoms with Crippen LogP contribution in [0.5, 0.6) is 0 Å². The molecule has 3 aromatic rings. The van der Waals surface area contributed by atoms with Crippen LogP contribution in [0.4, 0.5) is 0 Å². The highest BCUT2D eigenvalue weighted by atomic mass is 35.5. The van der Waals surface area contributed by atoms with Crippen molar-refractivity contribution in [1.82, 2.24) is 14.6 Å². The van der Waals surface area contributed by atoms with Crippen molar-refractivity contribution in [3.05, 3.63) is 40.5 Å². The maximum Gasteiger partial charge on any atom is 0.212 e. The summed E-state index contributed by atoms with van der Waals surface area (Å²) in [5.74, 6) is 0.659. The zero-order valence-corrected chi connectivity index (χ0v) is 10.4. The van der Waals surface area contributed by atoms with Gasteiger partial charge in [-0.05, 0) is 12.1 Å². The Kier molecular flexibility index (Phi) is 2.58. The molecular formula is C11H9ClN4S.